The second kappa shape index (κ2) is 9.92. The molecular weight excluding hydrogens is 400 g/mol. The summed E-state index contributed by atoms with van der Waals surface area (Å²) in [6, 6.07) is 24.7. The second-order valence-corrected chi connectivity index (χ2v) is 7.57. The highest BCUT2D eigenvalue weighted by atomic mass is 16.2. The Morgan fingerprint density at radius 3 is 2.38 bits per heavy atom. The number of hydrogen-bond donors (Lipinski definition) is 2. The summed E-state index contributed by atoms with van der Waals surface area (Å²) in [7, 11) is 0. The lowest BCUT2D eigenvalue weighted by Gasteiger charge is -2.11. The van der Waals surface area contributed by atoms with Crippen LogP contribution in [0.15, 0.2) is 78.9 Å². The molecule has 0 saturated carbocycles. The highest BCUT2D eigenvalue weighted by Gasteiger charge is 2.14. The van der Waals surface area contributed by atoms with Gasteiger partial charge in [0, 0.05) is 24.2 Å². The third-order valence-corrected chi connectivity index (χ3v) is 5.35. The molecule has 0 unspecified atom stereocenters. The molecule has 0 aliphatic heterocycles. The van der Waals surface area contributed by atoms with Gasteiger partial charge in [-0.25, -0.2) is 4.98 Å². The Morgan fingerprint density at radius 2 is 1.62 bits per heavy atom. The normalized spacial score (nSPS) is 10.8. The number of aryl methyl sites for hydroxylation is 1. The van der Waals surface area contributed by atoms with Gasteiger partial charge in [0.25, 0.3) is 5.91 Å². The SMILES string of the molecule is CCc1ccc(NC(=O)Cn2c(CCNC(=O)c3ccccc3)nc3ccccc32)cc1. The summed E-state index contributed by atoms with van der Waals surface area (Å²) >= 11 is 0. The number of para-hydroxylation sites is 2. The molecule has 0 bridgehead atoms. The van der Waals surface area contributed by atoms with Gasteiger partial charge in [0.1, 0.15) is 12.4 Å². The van der Waals surface area contributed by atoms with Crippen molar-refractivity contribution >= 4 is 28.5 Å². The van der Waals surface area contributed by atoms with E-state index < -0.39 is 0 Å². The number of nitrogens with zero attached hydrogens (tertiary/aromatic N) is 2. The van der Waals surface area contributed by atoms with Crippen LogP contribution in [0.1, 0.15) is 28.7 Å². The van der Waals surface area contributed by atoms with Crippen molar-refractivity contribution in [3.8, 4) is 0 Å². The van der Waals surface area contributed by atoms with Gasteiger partial charge in [-0.1, -0.05) is 49.4 Å². The number of aromatic nitrogens is 2. The fourth-order valence-electron chi connectivity index (χ4n) is 3.64. The van der Waals surface area contributed by atoms with Gasteiger partial charge in [-0.2, -0.15) is 0 Å². The van der Waals surface area contributed by atoms with Crippen LogP contribution in [0.2, 0.25) is 0 Å². The third-order valence-electron chi connectivity index (χ3n) is 5.35. The van der Waals surface area contributed by atoms with E-state index in [9.17, 15) is 9.59 Å². The molecule has 0 aliphatic rings. The summed E-state index contributed by atoms with van der Waals surface area (Å²) in [4.78, 5) is 29.8. The summed E-state index contributed by atoms with van der Waals surface area (Å²) in [5, 5.41) is 5.89. The first kappa shape index (κ1) is 21.3. The summed E-state index contributed by atoms with van der Waals surface area (Å²) in [6.07, 6.45) is 1.48. The Labute approximate surface area is 187 Å². The van der Waals surface area contributed by atoms with Crippen molar-refractivity contribution in [3.05, 3.63) is 95.8 Å². The lowest BCUT2D eigenvalue weighted by atomic mass is 10.1. The standard InChI is InChI=1S/C26H26N4O2/c1-2-19-12-14-21(15-13-19)28-25(31)18-30-23-11-7-6-10-22(23)29-24(30)16-17-27-26(32)20-8-4-3-5-9-20/h3-15H,2,16-18H2,1H3,(H,27,32)(H,28,31). The van der Waals surface area contributed by atoms with Crippen LogP contribution in [0.3, 0.4) is 0 Å². The number of imidazole rings is 1. The molecule has 4 aromatic rings. The Kier molecular flexibility index (Phi) is 6.60. The molecule has 0 spiro atoms. The molecule has 3 aromatic carbocycles. The van der Waals surface area contributed by atoms with E-state index in [0.29, 0.717) is 18.5 Å². The van der Waals surface area contributed by atoms with Gasteiger partial charge in [0.05, 0.1) is 11.0 Å². The molecule has 0 fully saturated rings. The average Bonchev–Trinajstić information content (AvgIpc) is 3.17. The van der Waals surface area contributed by atoms with Crippen molar-refractivity contribution in [3.63, 3.8) is 0 Å². The minimum Gasteiger partial charge on any atom is -0.352 e. The van der Waals surface area contributed by atoms with Crippen molar-refractivity contribution in [2.24, 2.45) is 0 Å². The van der Waals surface area contributed by atoms with E-state index in [1.807, 2.05) is 71.3 Å². The van der Waals surface area contributed by atoms with Crippen molar-refractivity contribution in [2.75, 3.05) is 11.9 Å². The first-order valence-electron chi connectivity index (χ1n) is 10.8. The minimum absolute atomic E-state index is 0.119. The third kappa shape index (κ3) is 5.03. The molecule has 32 heavy (non-hydrogen) atoms. The summed E-state index contributed by atoms with van der Waals surface area (Å²) < 4.78 is 1.92. The maximum absolute atomic E-state index is 12.8. The van der Waals surface area contributed by atoms with Gasteiger partial charge in [-0.15, -0.1) is 0 Å². The van der Waals surface area contributed by atoms with Crippen LogP contribution < -0.4 is 10.6 Å². The van der Waals surface area contributed by atoms with Crippen LogP contribution >= 0.6 is 0 Å². The molecule has 0 radical (unpaired) electrons. The molecule has 1 aromatic heterocycles. The second-order valence-electron chi connectivity index (χ2n) is 7.57. The first-order chi connectivity index (χ1) is 15.6. The predicted molar refractivity (Wildman–Crippen MR) is 127 cm³/mol. The predicted octanol–water partition coefficient (Wildman–Crippen LogP) is 4.21. The first-order valence-corrected chi connectivity index (χ1v) is 10.8. The number of carbonyl (C=O) groups is 2. The maximum Gasteiger partial charge on any atom is 0.251 e. The highest BCUT2D eigenvalue weighted by Crippen LogP contribution is 2.17. The highest BCUT2D eigenvalue weighted by molar-refractivity contribution is 5.94. The van der Waals surface area contributed by atoms with E-state index in [1.165, 1.54) is 5.56 Å². The largest absolute Gasteiger partial charge is 0.352 e. The minimum atomic E-state index is -0.124. The van der Waals surface area contributed by atoms with E-state index in [-0.39, 0.29) is 18.4 Å². The number of anilines is 1. The molecule has 2 amide bonds. The van der Waals surface area contributed by atoms with Crippen LogP contribution in [-0.2, 0) is 24.2 Å². The topological polar surface area (TPSA) is 76.0 Å². The van der Waals surface area contributed by atoms with Gasteiger partial charge < -0.3 is 15.2 Å². The number of benzene rings is 3. The monoisotopic (exact) mass is 426 g/mol. The molecular formula is C26H26N4O2. The summed E-state index contributed by atoms with van der Waals surface area (Å²) in [5.74, 6) is 0.518. The molecule has 162 valence electrons. The zero-order chi connectivity index (χ0) is 22.3. The molecule has 0 aliphatic carbocycles. The Balaban J connectivity index is 1.46. The number of hydrogen-bond acceptors (Lipinski definition) is 3. The van der Waals surface area contributed by atoms with Gasteiger partial charge in [0.2, 0.25) is 5.91 Å². The van der Waals surface area contributed by atoms with E-state index in [4.69, 9.17) is 4.98 Å². The van der Waals surface area contributed by atoms with Crippen molar-refractivity contribution in [1.29, 1.82) is 0 Å². The van der Waals surface area contributed by atoms with E-state index in [0.717, 1.165) is 29.0 Å². The van der Waals surface area contributed by atoms with Crippen LogP contribution in [0, 0.1) is 0 Å². The number of nitrogens with one attached hydrogen (secondary N) is 2. The van der Waals surface area contributed by atoms with Gasteiger partial charge in [-0.3, -0.25) is 9.59 Å². The summed E-state index contributed by atoms with van der Waals surface area (Å²) in [5.41, 5.74) is 4.34. The lowest BCUT2D eigenvalue weighted by Crippen LogP contribution is -2.27. The maximum atomic E-state index is 12.8. The van der Waals surface area contributed by atoms with Crippen LogP contribution in [0.4, 0.5) is 5.69 Å². The van der Waals surface area contributed by atoms with Crippen molar-refractivity contribution in [2.45, 2.75) is 26.3 Å². The van der Waals surface area contributed by atoms with Crippen LogP contribution in [-0.4, -0.2) is 27.9 Å². The Hall–Kier alpha value is -3.93. The van der Waals surface area contributed by atoms with Crippen molar-refractivity contribution < 1.29 is 9.59 Å². The average molecular weight is 427 g/mol. The van der Waals surface area contributed by atoms with Gasteiger partial charge in [-0.05, 0) is 48.4 Å². The quantitative estimate of drug-likeness (QED) is 0.443. The van der Waals surface area contributed by atoms with Gasteiger partial charge in [0.15, 0.2) is 0 Å². The molecule has 0 atom stereocenters. The number of carbonyl (C=O) groups excluding carboxylic acids is 2. The molecule has 6 heteroatoms. The molecule has 6 nitrogen and oxygen atoms in total. The molecule has 4 rings (SSSR count). The van der Waals surface area contributed by atoms with Crippen molar-refractivity contribution in [1.82, 2.24) is 14.9 Å². The van der Waals surface area contributed by atoms with E-state index >= 15 is 0 Å². The fourth-order valence-corrected chi connectivity index (χ4v) is 3.64. The van der Waals surface area contributed by atoms with Crippen LogP contribution in [0.25, 0.3) is 11.0 Å². The Morgan fingerprint density at radius 1 is 0.906 bits per heavy atom. The fraction of sp³-hybridized carbons (Fsp3) is 0.192. The zero-order valence-corrected chi connectivity index (χ0v) is 18.0. The molecule has 2 N–H and O–H groups in total. The number of amides is 2. The van der Waals surface area contributed by atoms with E-state index in [2.05, 4.69) is 17.6 Å². The van der Waals surface area contributed by atoms with E-state index in [1.54, 1.807) is 12.1 Å². The number of rotatable bonds is 8. The smallest absolute Gasteiger partial charge is 0.251 e. The zero-order valence-electron chi connectivity index (χ0n) is 18.0. The Bertz CT molecular complexity index is 1210. The lowest BCUT2D eigenvalue weighted by molar-refractivity contribution is -0.116. The molecule has 0 saturated heterocycles. The summed E-state index contributed by atoms with van der Waals surface area (Å²) in [6.45, 7) is 2.68. The van der Waals surface area contributed by atoms with Crippen LogP contribution in [0.5, 0.6) is 0 Å². The molecule has 1 heterocycles. The number of fused-ring (bicyclic) bond motifs is 1. The van der Waals surface area contributed by atoms with Gasteiger partial charge >= 0.3 is 0 Å².